The number of rotatable bonds is 8. The first kappa shape index (κ1) is 14.2. The summed E-state index contributed by atoms with van der Waals surface area (Å²) < 4.78 is 0. The number of likely N-dealkylation sites (N-methyl/N-ethyl adjacent to an activating group) is 1. The third-order valence-corrected chi connectivity index (χ3v) is 2.14. The molecule has 1 N–H and O–H groups in total. The van der Waals surface area contributed by atoms with Crippen molar-refractivity contribution in [2.45, 2.75) is 26.1 Å². The molecule has 0 aromatic heterocycles. The summed E-state index contributed by atoms with van der Waals surface area (Å²) in [6.45, 7) is 3.09. The Labute approximate surface area is 92.8 Å². The average Bonchev–Trinajstić information content (AvgIpc) is 2.20. The summed E-state index contributed by atoms with van der Waals surface area (Å²) in [5.74, 6) is 0.123. The minimum Gasteiger partial charge on any atom is -0.334 e. The molecule has 15 heavy (non-hydrogen) atoms. The summed E-state index contributed by atoms with van der Waals surface area (Å²) >= 11 is 0. The van der Waals surface area contributed by atoms with E-state index in [9.17, 15) is 9.59 Å². The Bertz CT molecular complexity index is 210. The van der Waals surface area contributed by atoms with Crippen molar-refractivity contribution in [3.05, 3.63) is 0 Å². The minimum atomic E-state index is 0.0379. The summed E-state index contributed by atoms with van der Waals surface area (Å²) in [5, 5.41) is 2.98. The lowest BCUT2D eigenvalue weighted by Crippen LogP contribution is -2.39. The van der Waals surface area contributed by atoms with Crippen LogP contribution in [0.2, 0.25) is 6.32 Å². The van der Waals surface area contributed by atoms with E-state index < -0.39 is 0 Å². The molecule has 4 nitrogen and oxygen atoms in total. The Kier molecular flexibility index (Phi) is 8.00. The van der Waals surface area contributed by atoms with Gasteiger partial charge in [0.2, 0.25) is 5.91 Å². The Morgan fingerprint density at radius 3 is 2.53 bits per heavy atom. The zero-order valence-electron chi connectivity index (χ0n) is 10.0. The lowest BCUT2D eigenvalue weighted by molar-refractivity contribution is -0.134. The topological polar surface area (TPSA) is 49.4 Å². The minimum absolute atomic E-state index is 0.0379. The van der Waals surface area contributed by atoms with Gasteiger partial charge in [0.05, 0.1) is 6.54 Å². The fraction of sp³-hybridized carbons (Fsp3) is 0.800. The molecule has 5 heteroatoms. The summed E-state index contributed by atoms with van der Waals surface area (Å²) in [7, 11) is 3.89. The molecule has 0 aliphatic rings. The quantitative estimate of drug-likeness (QED) is 0.549. The molecule has 0 aromatic rings. The first-order chi connectivity index (χ1) is 7.11. The highest BCUT2D eigenvalue weighted by molar-refractivity contribution is 6.08. The molecule has 0 saturated carbocycles. The molecule has 0 spiro atoms. The maximum atomic E-state index is 11.7. The monoisotopic (exact) mass is 212 g/mol. The van der Waals surface area contributed by atoms with Crippen LogP contribution < -0.4 is 5.32 Å². The molecule has 0 fully saturated rings. The van der Waals surface area contributed by atoms with Crippen LogP contribution in [0.5, 0.6) is 0 Å². The lowest BCUT2D eigenvalue weighted by Gasteiger charge is -2.21. The van der Waals surface area contributed by atoms with Gasteiger partial charge in [-0.25, -0.2) is 0 Å². The van der Waals surface area contributed by atoms with E-state index >= 15 is 0 Å². The van der Waals surface area contributed by atoms with Gasteiger partial charge in [0.25, 0.3) is 0 Å². The average molecular weight is 212 g/mol. The summed E-state index contributed by atoms with van der Waals surface area (Å²) in [4.78, 5) is 24.3. The summed E-state index contributed by atoms with van der Waals surface area (Å²) in [5.41, 5.74) is 0. The molecule has 0 aromatic carbocycles. The van der Waals surface area contributed by atoms with Crippen LogP contribution in [0.3, 0.4) is 0 Å². The standard InChI is InChI=1S/C10H21BN2O2/c1-9(14)8-13(7-6-12-2)10(15)4-3-5-11/h12H,3-8,11H2,1-2H3. The van der Waals surface area contributed by atoms with Gasteiger partial charge < -0.3 is 10.2 Å². The molecule has 0 aliphatic carbocycles. The van der Waals surface area contributed by atoms with Gasteiger partial charge in [0, 0.05) is 19.5 Å². The molecular formula is C10H21BN2O2. The van der Waals surface area contributed by atoms with E-state index in [0.29, 0.717) is 13.0 Å². The van der Waals surface area contributed by atoms with Gasteiger partial charge in [0.15, 0.2) is 0 Å². The molecule has 0 unspecified atom stereocenters. The molecule has 0 bridgehead atoms. The van der Waals surface area contributed by atoms with Crippen LogP contribution in [0.1, 0.15) is 19.8 Å². The molecule has 0 saturated heterocycles. The van der Waals surface area contributed by atoms with E-state index in [1.807, 2.05) is 7.05 Å². The van der Waals surface area contributed by atoms with Crippen molar-refractivity contribution in [2.24, 2.45) is 0 Å². The lowest BCUT2D eigenvalue weighted by atomic mass is 10.00. The van der Waals surface area contributed by atoms with E-state index in [2.05, 4.69) is 13.2 Å². The van der Waals surface area contributed by atoms with Crippen LogP contribution in [-0.4, -0.2) is 51.1 Å². The Hall–Kier alpha value is -0.835. The first-order valence-electron chi connectivity index (χ1n) is 5.53. The van der Waals surface area contributed by atoms with Crippen LogP contribution >= 0.6 is 0 Å². The second kappa shape index (κ2) is 8.47. The van der Waals surface area contributed by atoms with Crippen LogP contribution in [0.4, 0.5) is 0 Å². The number of hydrogen-bond donors (Lipinski definition) is 1. The van der Waals surface area contributed by atoms with Crippen molar-refractivity contribution in [2.75, 3.05) is 26.7 Å². The van der Waals surface area contributed by atoms with Gasteiger partial charge in [0.1, 0.15) is 13.6 Å². The molecule has 1 amide bonds. The van der Waals surface area contributed by atoms with E-state index in [1.54, 1.807) is 4.90 Å². The number of amides is 1. The Balaban J connectivity index is 4.07. The van der Waals surface area contributed by atoms with Gasteiger partial charge in [-0.3, -0.25) is 9.59 Å². The fourth-order valence-corrected chi connectivity index (χ4v) is 1.29. The number of ketones is 1. The van der Waals surface area contributed by atoms with E-state index in [-0.39, 0.29) is 18.2 Å². The van der Waals surface area contributed by atoms with Gasteiger partial charge in [-0.2, -0.15) is 0 Å². The SMILES string of the molecule is BCCCC(=O)N(CCNC)CC(C)=O. The highest BCUT2D eigenvalue weighted by atomic mass is 16.2. The van der Waals surface area contributed by atoms with E-state index in [1.165, 1.54) is 6.92 Å². The highest BCUT2D eigenvalue weighted by Crippen LogP contribution is 2.00. The van der Waals surface area contributed by atoms with Gasteiger partial charge >= 0.3 is 0 Å². The van der Waals surface area contributed by atoms with Gasteiger partial charge in [-0.15, -0.1) is 0 Å². The number of nitrogens with zero attached hydrogens (tertiary/aromatic N) is 1. The number of Topliss-reactive ketones (excluding diaryl/α,β-unsaturated/α-hetero) is 1. The smallest absolute Gasteiger partial charge is 0.222 e. The third-order valence-electron chi connectivity index (χ3n) is 2.14. The molecular weight excluding hydrogens is 191 g/mol. The van der Waals surface area contributed by atoms with Crippen LogP contribution in [-0.2, 0) is 9.59 Å². The second-order valence-corrected chi connectivity index (χ2v) is 3.72. The molecule has 0 aliphatic heterocycles. The predicted molar refractivity (Wildman–Crippen MR) is 63.8 cm³/mol. The molecule has 0 rings (SSSR count). The largest absolute Gasteiger partial charge is 0.334 e. The normalized spacial score (nSPS) is 10.0. The number of carbonyl (C=O) groups is 2. The van der Waals surface area contributed by atoms with Crippen LogP contribution in [0.25, 0.3) is 0 Å². The number of nitrogens with one attached hydrogen (secondary N) is 1. The number of hydrogen-bond acceptors (Lipinski definition) is 3. The van der Waals surface area contributed by atoms with Crippen LogP contribution in [0, 0.1) is 0 Å². The highest BCUT2D eigenvalue weighted by Gasteiger charge is 2.13. The zero-order valence-corrected chi connectivity index (χ0v) is 10.0. The third kappa shape index (κ3) is 7.14. The van der Waals surface area contributed by atoms with Crippen LogP contribution in [0.15, 0.2) is 0 Å². The molecule has 0 radical (unpaired) electrons. The molecule has 0 heterocycles. The van der Waals surface area contributed by atoms with Crippen molar-refractivity contribution in [3.63, 3.8) is 0 Å². The van der Waals surface area contributed by atoms with Crippen molar-refractivity contribution >= 4 is 19.5 Å². The second-order valence-electron chi connectivity index (χ2n) is 3.72. The molecule has 86 valence electrons. The maximum absolute atomic E-state index is 11.7. The van der Waals surface area contributed by atoms with Gasteiger partial charge in [-0.1, -0.05) is 12.7 Å². The van der Waals surface area contributed by atoms with Crippen molar-refractivity contribution in [1.82, 2.24) is 10.2 Å². The first-order valence-corrected chi connectivity index (χ1v) is 5.53. The Morgan fingerprint density at radius 2 is 2.07 bits per heavy atom. The maximum Gasteiger partial charge on any atom is 0.222 e. The predicted octanol–water partition coefficient (Wildman–Crippen LogP) is -0.545. The zero-order chi connectivity index (χ0) is 11.7. The van der Waals surface area contributed by atoms with Crippen molar-refractivity contribution in [1.29, 1.82) is 0 Å². The fourth-order valence-electron chi connectivity index (χ4n) is 1.29. The van der Waals surface area contributed by atoms with Crippen molar-refractivity contribution in [3.8, 4) is 0 Å². The van der Waals surface area contributed by atoms with Gasteiger partial charge in [-0.05, 0) is 14.0 Å². The van der Waals surface area contributed by atoms with Crippen molar-refractivity contribution < 1.29 is 9.59 Å². The van der Waals surface area contributed by atoms with E-state index in [0.717, 1.165) is 19.3 Å². The Morgan fingerprint density at radius 1 is 1.40 bits per heavy atom. The summed E-state index contributed by atoms with van der Waals surface area (Å²) in [6, 6.07) is 0. The molecule has 0 atom stereocenters. The van der Waals surface area contributed by atoms with E-state index in [4.69, 9.17) is 0 Å². The summed E-state index contributed by atoms with van der Waals surface area (Å²) in [6.07, 6.45) is 2.45. The number of carbonyl (C=O) groups excluding carboxylic acids is 2.